The molecule has 0 spiro atoms. The van der Waals surface area contributed by atoms with E-state index >= 15 is 0 Å². The topological polar surface area (TPSA) is 108 Å². The second kappa shape index (κ2) is 7.14. The van der Waals surface area contributed by atoms with Gasteiger partial charge in [-0.05, 0) is 25.8 Å². The van der Waals surface area contributed by atoms with E-state index in [1.54, 1.807) is 24.8 Å². The largest absolute Gasteiger partial charge is 0.391 e. The summed E-state index contributed by atoms with van der Waals surface area (Å²) in [4.78, 5) is 31.5. The molecule has 2 unspecified atom stereocenters. The van der Waals surface area contributed by atoms with Crippen molar-refractivity contribution in [2.75, 3.05) is 6.54 Å². The summed E-state index contributed by atoms with van der Waals surface area (Å²) in [5.74, 6) is -0.218. The smallest absolute Gasteiger partial charge is 0.252 e. The molecule has 1 aromatic heterocycles. The Bertz CT molecular complexity index is 777. The quantitative estimate of drug-likeness (QED) is 0.654. The van der Waals surface area contributed by atoms with Gasteiger partial charge < -0.3 is 19.8 Å². The van der Waals surface area contributed by atoms with Crippen molar-refractivity contribution >= 4 is 38.2 Å². The van der Waals surface area contributed by atoms with Crippen molar-refractivity contribution in [3.05, 3.63) is 11.8 Å². The van der Waals surface area contributed by atoms with Gasteiger partial charge in [0.15, 0.2) is 0 Å². The van der Waals surface area contributed by atoms with Gasteiger partial charge in [-0.25, -0.2) is 0 Å². The summed E-state index contributed by atoms with van der Waals surface area (Å²) in [7, 11) is 6.77. The van der Waals surface area contributed by atoms with Gasteiger partial charge in [-0.2, -0.15) is 0 Å². The number of β-amino-alcohol motifs (C(OH)–C–C–N with tert-alkyl or cyclic N) is 1. The highest BCUT2D eigenvalue weighted by molar-refractivity contribution is 6.97. The van der Waals surface area contributed by atoms with Crippen LogP contribution >= 0.6 is 0 Å². The molecule has 141 valence electrons. The molecular formula is C17H23B2N4O4. The molecule has 3 rings (SSSR count). The van der Waals surface area contributed by atoms with Crippen LogP contribution in [0, 0.1) is 5.92 Å². The first-order valence-corrected chi connectivity index (χ1v) is 9.05. The number of nitrogens with one attached hydrogen (secondary N) is 1. The predicted molar refractivity (Wildman–Crippen MR) is 101 cm³/mol. The number of hydrogen-bond acceptors (Lipinski definition) is 6. The summed E-state index contributed by atoms with van der Waals surface area (Å²) in [6, 6.07) is 1.16. The molecule has 2 N–H and O–H groups in total. The molecule has 8 nitrogen and oxygen atoms in total. The molecule has 3 heterocycles. The lowest BCUT2D eigenvalue weighted by molar-refractivity contribution is -0.134. The fraction of sp³-hybridized carbons (Fsp3) is 0.647. The van der Waals surface area contributed by atoms with E-state index in [9.17, 15) is 14.7 Å². The molecule has 0 aliphatic carbocycles. The first kappa shape index (κ1) is 19.7. The number of aliphatic imine (C=N–C) groups is 1. The number of nitrogens with zero attached hydrogens (tertiary/aromatic N) is 3. The van der Waals surface area contributed by atoms with E-state index in [2.05, 4.69) is 15.5 Å². The van der Waals surface area contributed by atoms with Crippen molar-refractivity contribution in [1.82, 2.24) is 15.4 Å². The van der Waals surface area contributed by atoms with E-state index in [0.717, 1.165) is 0 Å². The molecule has 2 aliphatic heterocycles. The fourth-order valence-corrected chi connectivity index (χ4v) is 3.57. The molecule has 1 saturated heterocycles. The van der Waals surface area contributed by atoms with Crippen LogP contribution in [0.25, 0.3) is 0 Å². The molecule has 1 fully saturated rings. The number of aliphatic hydroxyl groups is 1. The molecule has 2 amide bonds. The van der Waals surface area contributed by atoms with E-state index in [-0.39, 0.29) is 24.3 Å². The fourth-order valence-electron chi connectivity index (χ4n) is 3.57. The lowest BCUT2D eigenvalue weighted by atomic mass is 9.53. The molecule has 3 atom stereocenters. The van der Waals surface area contributed by atoms with Crippen molar-refractivity contribution in [2.24, 2.45) is 10.9 Å². The van der Waals surface area contributed by atoms with Gasteiger partial charge in [0.25, 0.3) is 5.91 Å². The zero-order valence-electron chi connectivity index (χ0n) is 16.0. The molecule has 10 heteroatoms. The van der Waals surface area contributed by atoms with Crippen LogP contribution in [-0.4, -0.2) is 71.9 Å². The van der Waals surface area contributed by atoms with Gasteiger partial charge in [0.05, 0.1) is 12.1 Å². The minimum absolute atomic E-state index is 0.0639. The third-order valence-electron chi connectivity index (χ3n) is 5.03. The number of rotatable bonds is 5. The highest BCUT2D eigenvalue weighted by Crippen LogP contribution is 2.31. The molecular weight excluding hydrogens is 346 g/mol. The van der Waals surface area contributed by atoms with Gasteiger partial charge in [-0.3, -0.25) is 14.6 Å². The van der Waals surface area contributed by atoms with Crippen LogP contribution in [0.1, 0.15) is 45.8 Å². The van der Waals surface area contributed by atoms with Crippen molar-refractivity contribution in [2.45, 2.75) is 57.7 Å². The lowest BCUT2D eigenvalue weighted by Gasteiger charge is -2.29. The minimum Gasteiger partial charge on any atom is -0.391 e. The zero-order chi connectivity index (χ0) is 19.9. The second-order valence-corrected chi connectivity index (χ2v) is 7.95. The van der Waals surface area contributed by atoms with Crippen molar-refractivity contribution in [1.29, 1.82) is 0 Å². The second-order valence-electron chi connectivity index (χ2n) is 7.95. The van der Waals surface area contributed by atoms with Crippen LogP contribution in [0.2, 0.25) is 0 Å². The van der Waals surface area contributed by atoms with Crippen LogP contribution in [0.4, 0.5) is 0 Å². The van der Waals surface area contributed by atoms with Crippen LogP contribution in [0.15, 0.2) is 15.6 Å². The van der Waals surface area contributed by atoms with Gasteiger partial charge >= 0.3 is 0 Å². The number of carbonyl (C=O) groups is 2. The number of aromatic nitrogens is 1. The van der Waals surface area contributed by atoms with Crippen molar-refractivity contribution in [3.63, 3.8) is 0 Å². The lowest BCUT2D eigenvalue weighted by Crippen LogP contribution is -2.48. The number of carbonyl (C=O) groups excluding carboxylic acids is 2. The standard InChI is InChI=1S/C17H23B2N4O4/c1-8(2)13(11-6-12(19-18)22-27-11)15(25)23-7-9(24)5-10(23)14-20-16(26)17(3,4)21-14/h6,8-10,13,24H,5,7H2,1-4H3,(H,20,21,26)/t9-,10?,13?/m1/s1. The van der Waals surface area contributed by atoms with E-state index in [0.29, 0.717) is 23.6 Å². The van der Waals surface area contributed by atoms with Crippen LogP contribution < -0.4 is 10.9 Å². The molecule has 0 aromatic carbocycles. The number of amidine groups is 1. The SMILES string of the molecule is [B][B]c1cc(C(C(=O)N2C[C@H](O)CC2C2=NC(C)(C)C(=O)N2)C(C)C)on1. The molecule has 0 bridgehead atoms. The van der Waals surface area contributed by atoms with E-state index in [1.807, 2.05) is 13.8 Å². The molecule has 27 heavy (non-hydrogen) atoms. The van der Waals surface area contributed by atoms with Crippen molar-refractivity contribution < 1.29 is 19.2 Å². The zero-order valence-corrected chi connectivity index (χ0v) is 16.0. The summed E-state index contributed by atoms with van der Waals surface area (Å²) in [5.41, 5.74) is -0.429. The summed E-state index contributed by atoms with van der Waals surface area (Å²) in [6.45, 7) is 7.42. The predicted octanol–water partition coefficient (Wildman–Crippen LogP) is -0.904. The third-order valence-corrected chi connectivity index (χ3v) is 5.03. The minimum atomic E-state index is -0.883. The van der Waals surface area contributed by atoms with Crippen LogP contribution in [0.3, 0.4) is 0 Å². The Balaban J connectivity index is 1.89. The Labute approximate surface area is 160 Å². The Hall–Kier alpha value is -2.09. The maximum Gasteiger partial charge on any atom is 0.252 e. The molecule has 2 aliphatic rings. The Morgan fingerprint density at radius 1 is 1.52 bits per heavy atom. The number of amides is 2. The van der Waals surface area contributed by atoms with Gasteiger partial charge in [0.1, 0.15) is 30.2 Å². The molecule has 0 saturated carbocycles. The Morgan fingerprint density at radius 3 is 2.74 bits per heavy atom. The highest BCUT2D eigenvalue weighted by Gasteiger charge is 2.46. The van der Waals surface area contributed by atoms with E-state index < -0.39 is 23.6 Å². The molecule has 1 aromatic rings. The van der Waals surface area contributed by atoms with E-state index in [1.165, 1.54) is 7.17 Å². The van der Waals surface area contributed by atoms with Gasteiger partial charge in [0.2, 0.25) is 5.91 Å². The average molecular weight is 369 g/mol. The van der Waals surface area contributed by atoms with Gasteiger partial charge in [0, 0.05) is 26.3 Å². The van der Waals surface area contributed by atoms with Gasteiger partial charge in [-0.15, -0.1) is 0 Å². The highest BCUT2D eigenvalue weighted by atomic mass is 16.5. The Morgan fingerprint density at radius 2 is 2.22 bits per heavy atom. The summed E-state index contributed by atoms with van der Waals surface area (Å²) in [6.07, 6.45) is -0.359. The van der Waals surface area contributed by atoms with Crippen LogP contribution in [-0.2, 0) is 9.59 Å². The normalized spacial score (nSPS) is 25.5. The van der Waals surface area contributed by atoms with Crippen LogP contribution in [0.5, 0.6) is 0 Å². The first-order valence-electron chi connectivity index (χ1n) is 9.05. The summed E-state index contributed by atoms with van der Waals surface area (Å²) >= 11 is 0. The maximum absolute atomic E-state index is 13.4. The third kappa shape index (κ3) is 3.67. The first-order chi connectivity index (χ1) is 12.6. The summed E-state index contributed by atoms with van der Waals surface area (Å²) in [5, 5.41) is 16.8. The molecule has 3 radical (unpaired) electrons. The van der Waals surface area contributed by atoms with Crippen molar-refractivity contribution in [3.8, 4) is 0 Å². The maximum atomic E-state index is 13.4. The monoisotopic (exact) mass is 369 g/mol. The van der Waals surface area contributed by atoms with E-state index in [4.69, 9.17) is 12.3 Å². The number of likely N-dealkylation sites (tertiary alicyclic amines) is 1. The van der Waals surface area contributed by atoms with Gasteiger partial charge in [-0.1, -0.05) is 19.0 Å². The Kier molecular flexibility index (Phi) is 5.20. The average Bonchev–Trinajstić information content (AvgIpc) is 3.26. The number of hydrogen-bond donors (Lipinski definition) is 2. The summed E-state index contributed by atoms with van der Waals surface area (Å²) < 4.78 is 5.33. The number of aliphatic hydroxyl groups excluding tert-OH is 1.